The average molecular weight is 950 g/mol. The number of nitrogens with two attached hydrogens (primary N) is 8. The Bertz CT molecular complexity index is 905. The van der Waals surface area contributed by atoms with Gasteiger partial charge in [0.15, 0.2) is 0 Å². The summed E-state index contributed by atoms with van der Waals surface area (Å²) in [5.41, 5.74) is 46.0. The van der Waals surface area contributed by atoms with Crippen LogP contribution in [0.15, 0.2) is 0 Å². The lowest BCUT2D eigenvalue weighted by Gasteiger charge is -2.31. The molecule has 20 N–H and O–H groups in total. The number of hydrogen-bond acceptors (Lipinski definition) is 20. The Morgan fingerprint density at radius 2 is 0.515 bits per heavy atom. The Hall–Kier alpha value is -0.800. The maximum absolute atomic E-state index is 5.86. The van der Waals surface area contributed by atoms with Crippen LogP contribution in [0.3, 0.4) is 0 Å². The summed E-state index contributed by atoms with van der Waals surface area (Å²) >= 11 is 0. The Morgan fingerprint density at radius 3 is 0.803 bits per heavy atom. The van der Waals surface area contributed by atoms with E-state index in [2.05, 4.69) is 74.3 Å². The van der Waals surface area contributed by atoms with Gasteiger partial charge in [0.1, 0.15) is 0 Å². The fourth-order valence-electron chi connectivity index (χ4n) is 7.81. The predicted molar refractivity (Wildman–Crippen MR) is 287 cm³/mol. The van der Waals surface area contributed by atoms with Crippen LogP contribution >= 0.6 is 0 Å². The van der Waals surface area contributed by atoms with Gasteiger partial charge in [0.2, 0.25) is 0 Å². The van der Waals surface area contributed by atoms with Gasteiger partial charge in [-0.3, -0.25) is 24.5 Å². The summed E-state index contributed by atoms with van der Waals surface area (Å²) in [5.74, 6) is 0. The minimum absolute atomic E-state index is 0.678. The highest BCUT2D eigenvalue weighted by atomic mass is 15.3. The maximum atomic E-state index is 5.86. The van der Waals surface area contributed by atoms with Crippen molar-refractivity contribution < 1.29 is 0 Å². The van der Waals surface area contributed by atoms with Gasteiger partial charge in [-0.2, -0.15) is 0 Å². The van der Waals surface area contributed by atoms with Crippen molar-refractivity contribution in [3.8, 4) is 0 Å². The van der Waals surface area contributed by atoms with E-state index >= 15 is 0 Å². The fraction of sp³-hybridized carbons (Fsp3) is 1.00. The van der Waals surface area contributed by atoms with E-state index in [1.165, 1.54) is 25.7 Å². The van der Waals surface area contributed by atoms with Gasteiger partial charge in [0.25, 0.3) is 0 Å². The molecule has 0 aliphatic carbocycles. The smallest absolute Gasteiger partial charge is 0.0110 e. The lowest BCUT2D eigenvalue weighted by atomic mass is 10.2. The Labute approximate surface area is 407 Å². The average Bonchev–Trinajstić information content (AvgIpc) is 3.32. The zero-order valence-electron chi connectivity index (χ0n) is 43.9. The second-order valence-corrected chi connectivity index (χ2v) is 17.4. The second-order valence-electron chi connectivity index (χ2n) is 17.4. The van der Waals surface area contributed by atoms with Crippen LogP contribution in [0.25, 0.3) is 0 Å². The number of rotatable bonds is 52. The molecule has 0 saturated heterocycles. The van der Waals surface area contributed by atoms with E-state index in [4.69, 9.17) is 45.9 Å². The number of likely N-dealkylation sites (N-methyl/N-ethyl adjacent to an activating group) is 3. The molecule has 400 valence electrons. The molecule has 0 bridgehead atoms. The molecule has 0 aromatic rings. The second kappa shape index (κ2) is 53.5. The molecule has 0 saturated carbocycles. The predicted octanol–water partition coefficient (Wildman–Crippen LogP) is -4.72. The zero-order valence-corrected chi connectivity index (χ0v) is 43.9. The van der Waals surface area contributed by atoms with Crippen molar-refractivity contribution in [2.75, 3.05) is 263 Å². The Kier molecular flexibility index (Phi) is 54.6. The van der Waals surface area contributed by atoms with E-state index in [1.807, 2.05) is 14.1 Å². The van der Waals surface area contributed by atoms with Crippen LogP contribution in [0.1, 0.15) is 39.5 Å². The molecule has 66 heavy (non-hydrogen) atoms. The Morgan fingerprint density at radius 1 is 0.258 bits per heavy atom. The molecule has 0 atom stereocenters. The molecule has 0 unspecified atom stereocenters. The van der Waals surface area contributed by atoms with E-state index in [1.54, 1.807) is 0 Å². The first-order valence-electron chi connectivity index (χ1n) is 26.4. The third-order valence-corrected chi connectivity index (χ3v) is 12.0. The maximum Gasteiger partial charge on any atom is 0.0110 e. The van der Waals surface area contributed by atoms with Gasteiger partial charge in [-0.05, 0) is 59.5 Å². The zero-order chi connectivity index (χ0) is 49.1. The van der Waals surface area contributed by atoms with Crippen LogP contribution in [-0.2, 0) is 0 Å². The molecule has 0 spiro atoms. The monoisotopic (exact) mass is 949 g/mol. The van der Waals surface area contributed by atoms with Gasteiger partial charge in [0, 0.05) is 223 Å². The molecule has 0 radical (unpaired) electrons. The normalized spacial score (nSPS) is 12.2. The molecular weight excluding hydrogens is 833 g/mol. The summed E-state index contributed by atoms with van der Waals surface area (Å²) in [5, 5.41) is 13.5. The standard InChI is InChI=1S/2C23H58N10/c1-3-30(15-7-25)13-4-5-14-31(19-12-29-10-6-24)20-22-33(18-11-28-2)23-21-32(16-8-26)17-9-27;1-3-4-12-30(13-6-25)18-20-33(17-11-29-9-5-24)23-22-32(16-10-28-2)21-19-31(14-7-26)15-8-27/h2*28-29H,3-27H2,1-2H3. The Balaban J connectivity index is 0. The van der Waals surface area contributed by atoms with Crippen LogP contribution < -0.4 is 67.1 Å². The molecule has 0 aromatic carbocycles. The summed E-state index contributed by atoms with van der Waals surface area (Å²) in [6.07, 6.45) is 4.89. The topological polar surface area (TPSA) is 282 Å². The van der Waals surface area contributed by atoms with E-state index in [0.29, 0.717) is 39.3 Å². The molecule has 20 nitrogen and oxygen atoms in total. The fourth-order valence-corrected chi connectivity index (χ4v) is 7.81. The quantitative estimate of drug-likeness (QED) is 0.0255. The van der Waals surface area contributed by atoms with Gasteiger partial charge in [0.05, 0.1) is 0 Å². The summed E-state index contributed by atoms with van der Waals surface area (Å²) in [4.78, 5) is 20.0. The van der Waals surface area contributed by atoms with Crippen molar-refractivity contribution in [3.05, 3.63) is 0 Å². The van der Waals surface area contributed by atoms with E-state index in [0.717, 1.165) is 209 Å². The van der Waals surface area contributed by atoms with Crippen molar-refractivity contribution in [2.45, 2.75) is 39.5 Å². The van der Waals surface area contributed by atoms with Crippen molar-refractivity contribution in [1.29, 1.82) is 0 Å². The van der Waals surface area contributed by atoms with Gasteiger partial charge >= 0.3 is 0 Å². The van der Waals surface area contributed by atoms with Crippen LogP contribution in [-0.4, -0.2) is 302 Å². The van der Waals surface area contributed by atoms with Crippen molar-refractivity contribution in [3.63, 3.8) is 0 Å². The summed E-state index contributed by atoms with van der Waals surface area (Å²) < 4.78 is 0. The van der Waals surface area contributed by atoms with Crippen LogP contribution in [0, 0.1) is 0 Å². The SMILES string of the molecule is CCCCN(CCN)CCN(CCNCCN)CCN(CCNC)CCN(CCN)CCN.CCN(CCN)CCCCN(CCNCCN)CCN(CCNC)CCN(CCN)CCN. The van der Waals surface area contributed by atoms with Crippen molar-refractivity contribution in [2.24, 2.45) is 45.9 Å². The first-order valence-corrected chi connectivity index (χ1v) is 26.4. The molecule has 0 heterocycles. The van der Waals surface area contributed by atoms with Crippen molar-refractivity contribution >= 4 is 0 Å². The van der Waals surface area contributed by atoms with Crippen LogP contribution in [0.4, 0.5) is 0 Å². The first kappa shape index (κ1) is 67.3. The molecule has 0 amide bonds. The van der Waals surface area contributed by atoms with E-state index in [9.17, 15) is 0 Å². The van der Waals surface area contributed by atoms with Crippen LogP contribution in [0.5, 0.6) is 0 Å². The number of unbranched alkanes of at least 4 members (excludes halogenated alkanes) is 2. The minimum Gasteiger partial charge on any atom is -0.329 e. The highest BCUT2D eigenvalue weighted by Crippen LogP contribution is 2.02. The van der Waals surface area contributed by atoms with E-state index < -0.39 is 0 Å². The number of nitrogens with one attached hydrogen (secondary N) is 4. The third kappa shape index (κ3) is 43.2. The molecule has 0 fully saturated rings. The van der Waals surface area contributed by atoms with Gasteiger partial charge in [-0.25, -0.2) is 0 Å². The highest BCUT2D eigenvalue weighted by Gasteiger charge is 2.15. The summed E-state index contributed by atoms with van der Waals surface area (Å²) in [6, 6.07) is 0. The molecular formula is C46H116N20. The summed E-state index contributed by atoms with van der Waals surface area (Å²) in [6.45, 7) is 40.6. The largest absolute Gasteiger partial charge is 0.329 e. The third-order valence-electron chi connectivity index (χ3n) is 12.0. The summed E-state index contributed by atoms with van der Waals surface area (Å²) in [7, 11) is 4.04. The van der Waals surface area contributed by atoms with Crippen molar-refractivity contribution in [1.82, 2.24) is 60.5 Å². The molecule has 0 aliphatic heterocycles. The van der Waals surface area contributed by atoms with E-state index in [-0.39, 0.29) is 0 Å². The first-order chi connectivity index (χ1) is 32.3. The van der Waals surface area contributed by atoms with Gasteiger partial charge in [-0.15, -0.1) is 0 Å². The lowest BCUT2D eigenvalue weighted by molar-refractivity contribution is 0.163. The molecule has 0 rings (SSSR count). The van der Waals surface area contributed by atoms with Crippen LogP contribution in [0.2, 0.25) is 0 Å². The molecule has 0 aromatic heterocycles. The van der Waals surface area contributed by atoms with Gasteiger partial charge < -0.3 is 81.8 Å². The molecule has 0 aliphatic rings. The highest BCUT2D eigenvalue weighted by molar-refractivity contribution is 4.72. The van der Waals surface area contributed by atoms with Gasteiger partial charge in [-0.1, -0.05) is 20.3 Å². The lowest BCUT2D eigenvalue weighted by Crippen LogP contribution is -2.46. The number of hydrogen-bond donors (Lipinski definition) is 12. The minimum atomic E-state index is 0.678. The molecule has 20 heteroatoms. The number of nitrogens with zero attached hydrogens (tertiary/aromatic N) is 8.